The Morgan fingerprint density at radius 3 is 2.71 bits per heavy atom. The normalized spacial score (nSPS) is 18.0. The quantitative estimate of drug-likeness (QED) is 0.613. The maximum Gasteiger partial charge on any atom is 0.0587 e. The molecule has 0 bridgehead atoms. The van der Waals surface area contributed by atoms with Crippen LogP contribution in [0.3, 0.4) is 0 Å². The summed E-state index contributed by atoms with van der Waals surface area (Å²) in [4.78, 5) is 1.52. The Morgan fingerprint density at radius 1 is 1.24 bits per heavy atom. The number of thiophene rings is 1. The van der Waals surface area contributed by atoms with E-state index in [4.69, 9.17) is 4.74 Å². The van der Waals surface area contributed by atoms with E-state index in [1.807, 2.05) is 11.3 Å². The van der Waals surface area contributed by atoms with Crippen LogP contribution >= 0.6 is 27.3 Å². The van der Waals surface area contributed by atoms with E-state index in [0.29, 0.717) is 5.41 Å². The second-order valence-electron chi connectivity index (χ2n) is 6.25. The smallest absolute Gasteiger partial charge is 0.0587 e. The van der Waals surface area contributed by atoms with Gasteiger partial charge in [-0.1, -0.05) is 19.3 Å². The van der Waals surface area contributed by atoms with Gasteiger partial charge in [0.05, 0.1) is 6.61 Å². The predicted molar refractivity (Wildman–Crippen MR) is 95.2 cm³/mol. The number of rotatable bonds is 9. The molecule has 21 heavy (non-hydrogen) atoms. The molecule has 1 heterocycles. The average Bonchev–Trinajstić information content (AvgIpc) is 2.92. The predicted octanol–water partition coefficient (Wildman–Crippen LogP) is 5.02. The standard InChI is InChI=1S/C17H28BrNOS/c1-20-13-12-19-11-10-17(7-3-2-4-8-17)9-5-16-15(18)6-14-21-16/h6,14,19H,2-5,7-13H2,1H3. The monoisotopic (exact) mass is 373 g/mol. The molecule has 1 aromatic heterocycles. The highest BCUT2D eigenvalue weighted by molar-refractivity contribution is 9.10. The van der Waals surface area contributed by atoms with Gasteiger partial charge in [-0.3, -0.25) is 0 Å². The summed E-state index contributed by atoms with van der Waals surface area (Å²) in [6.45, 7) is 2.92. The molecule has 1 aliphatic rings. The lowest BCUT2D eigenvalue weighted by Gasteiger charge is -2.38. The van der Waals surface area contributed by atoms with Gasteiger partial charge in [-0.05, 0) is 71.4 Å². The SMILES string of the molecule is COCCNCCC1(CCc2sccc2Br)CCCCC1. The lowest BCUT2D eigenvalue weighted by Crippen LogP contribution is -2.31. The van der Waals surface area contributed by atoms with E-state index in [0.717, 1.165) is 19.7 Å². The largest absolute Gasteiger partial charge is 0.383 e. The molecule has 0 atom stereocenters. The zero-order valence-electron chi connectivity index (χ0n) is 13.1. The van der Waals surface area contributed by atoms with Crippen molar-refractivity contribution >= 4 is 27.3 Å². The van der Waals surface area contributed by atoms with Crippen molar-refractivity contribution in [1.29, 1.82) is 0 Å². The zero-order valence-corrected chi connectivity index (χ0v) is 15.5. The summed E-state index contributed by atoms with van der Waals surface area (Å²) < 4.78 is 6.40. The Labute approximate surface area is 141 Å². The molecule has 0 spiro atoms. The fraction of sp³-hybridized carbons (Fsp3) is 0.765. The van der Waals surface area contributed by atoms with Crippen LogP contribution in [0.5, 0.6) is 0 Å². The molecule has 0 radical (unpaired) electrons. The van der Waals surface area contributed by atoms with Crippen LogP contribution in [0.1, 0.15) is 49.8 Å². The summed E-state index contributed by atoms with van der Waals surface area (Å²) in [6.07, 6.45) is 11.0. The third-order valence-corrected chi connectivity index (χ3v) is 6.79. The summed E-state index contributed by atoms with van der Waals surface area (Å²) in [5, 5.41) is 5.73. The summed E-state index contributed by atoms with van der Waals surface area (Å²) >= 11 is 5.57. The van der Waals surface area contributed by atoms with Gasteiger partial charge in [0.25, 0.3) is 0 Å². The van der Waals surface area contributed by atoms with Gasteiger partial charge in [0.1, 0.15) is 0 Å². The van der Waals surface area contributed by atoms with E-state index in [2.05, 4.69) is 32.7 Å². The van der Waals surface area contributed by atoms with Gasteiger partial charge in [0.2, 0.25) is 0 Å². The van der Waals surface area contributed by atoms with Crippen molar-refractivity contribution in [3.8, 4) is 0 Å². The minimum absolute atomic E-state index is 0.571. The van der Waals surface area contributed by atoms with Gasteiger partial charge < -0.3 is 10.1 Å². The summed E-state index contributed by atoms with van der Waals surface area (Å²) in [6, 6.07) is 2.18. The van der Waals surface area contributed by atoms with E-state index in [1.54, 1.807) is 7.11 Å². The number of hydrogen-bond donors (Lipinski definition) is 1. The lowest BCUT2D eigenvalue weighted by molar-refractivity contribution is 0.153. The van der Waals surface area contributed by atoms with Gasteiger partial charge in [-0.2, -0.15) is 0 Å². The highest BCUT2D eigenvalue weighted by Gasteiger charge is 2.31. The number of ether oxygens (including phenoxy) is 1. The van der Waals surface area contributed by atoms with E-state index in [9.17, 15) is 0 Å². The average molecular weight is 374 g/mol. The van der Waals surface area contributed by atoms with Crippen molar-refractivity contribution in [2.24, 2.45) is 5.41 Å². The molecule has 1 saturated carbocycles. The first-order valence-electron chi connectivity index (χ1n) is 8.17. The molecule has 2 rings (SSSR count). The van der Waals surface area contributed by atoms with Gasteiger partial charge in [0.15, 0.2) is 0 Å². The highest BCUT2D eigenvalue weighted by atomic mass is 79.9. The van der Waals surface area contributed by atoms with E-state index in [-0.39, 0.29) is 0 Å². The van der Waals surface area contributed by atoms with Crippen LogP contribution in [0.15, 0.2) is 15.9 Å². The molecule has 1 aliphatic carbocycles. The van der Waals surface area contributed by atoms with Crippen LogP contribution < -0.4 is 5.32 Å². The Hall–Kier alpha value is 0.100. The molecule has 0 amide bonds. The van der Waals surface area contributed by atoms with Gasteiger partial charge in [0, 0.05) is 23.0 Å². The third kappa shape index (κ3) is 5.66. The van der Waals surface area contributed by atoms with Crippen molar-refractivity contribution in [3.63, 3.8) is 0 Å². The fourth-order valence-corrected chi connectivity index (χ4v) is 5.02. The molecular weight excluding hydrogens is 346 g/mol. The van der Waals surface area contributed by atoms with Gasteiger partial charge in [-0.15, -0.1) is 11.3 Å². The number of halogens is 1. The van der Waals surface area contributed by atoms with Crippen molar-refractivity contribution < 1.29 is 4.74 Å². The first kappa shape index (κ1) is 17.5. The molecule has 1 aromatic rings. The van der Waals surface area contributed by atoms with Crippen LogP contribution in [0.2, 0.25) is 0 Å². The second kappa shape index (κ2) is 9.29. The number of methoxy groups -OCH3 is 1. The molecule has 1 N–H and O–H groups in total. The highest BCUT2D eigenvalue weighted by Crippen LogP contribution is 2.43. The first-order valence-corrected chi connectivity index (χ1v) is 9.85. The second-order valence-corrected chi connectivity index (χ2v) is 8.10. The Kier molecular flexibility index (Phi) is 7.72. The van der Waals surface area contributed by atoms with Crippen LogP contribution in [0, 0.1) is 5.41 Å². The van der Waals surface area contributed by atoms with Crippen molar-refractivity contribution in [2.75, 3.05) is 26.8 Å². The van der Waals surface area contributed by atoms with E-state index in [1.165, 1.54) is 60.7 Å². The Bertz CT molecular complexity index is 401. The number of hydrogen-bond acceptors (Lipinski definition) is 3. The summed E-state index contributed by atoms with van der Waals surface area (Å²) in [7, 11) is 1.77. The van der Waals surface area contributed by atoms with Crippen molar-refractivity contribution in [3.05, 3.63) is 20.8 Å². The van der Waals surface area contributed by atoms with Crippen LogP contribution in [-0.4, -0.2) is 26.8 Å². The van der Waals surface area contributed by atoms with Gasteiger partial charge in [-0.25, -0.2) is 0 Å². The third-order valence-electron chi connectivity index (χ3n) is 4.80. The maximum atomic E-state index is 5.10. The minimum Gasteiger partial charge on any atom is -0.383 e. The van der Waals surface area contributed by atoms with Crippen molar-refractivity contribution in [1.82, 2.24) is 5.32 Å². The minimum atomic E-state index is 0.571. The molecule has 0 unspecified atom stereocenters. The lowest BCUT2D eigenvalue weighted by atomic mass is 9.69. The molecule has 0 aromatic carbocycles. The molecular formula is C17H28BrNOS. The van der Waals surface area contributed by atoms with Crippen LogP contribution in [0.4, 0.5) is 0 Å². The van der Waals surface area contributed by atoms with Crippen LogP contribution in [-0.2, 0) is 11.2 Å². The van der Waals surface area contributed by atoms with Gasteiger partial charge >= 0.3 is 0 Å². The number of nitrogens with one attached hydrogen (secondary N) is 1. The molecule has 0 saturated heterocycles. The maximum absolute atomic E-state index is 5.10. The Balaban J connectivity index is 1.82. The first-order chi connectivity index (χ1) is 10.3. The van der Waals surface area contributed by atoms with E-state index >= 15 is 0 Å². The Morgan fingerprint density at radius 2 is 2.05 bits per heavy atom. The molecule has 1 fully saturated rings. The zero-order chi connectivity index (χ0) is 15.0. The molecule has 4 heteroatoms. The fourth-order valence-electron chi connectivity index (χ4n) is 3.46. The summed E-state index contributed by atoms with van der Waals surface area (Å²) in [5.74, 6) is 0. The number of aryl methyl sites for hydroxylation is 1. The summed E-state index contributed by atoms with van der Waals surface area (Å²) in [5.41, 5.74) is 0.571. The molecule has 120 valence electrons. The molecule has 0 aliphatic heterocycles. The molecule has 2 nitrogen and oxygen atoms in total. The topological polar surface area (TPSA) is 21.3 Å². The van der Waals surface area contributed by atoms with E-state index < -0.39 is 0 Å². The van der Waals surface area contributed by atoms with Crippen LogP contribution in [0.25, 0.3) is 0 Å². The van der Waals surface area contributed by atoms with Crippen molar-refractivity contribution in [2.45, 2.75) is 51.4 Å².